The van der Waals surface area contributed by atoms with Crippen molar-refractivity contribution < 1.29 is 9.90 Å². The molecule has 0 radical (unpaired) electrons. The highest BCUT2D eigenvalue weighted by Crippen LogP contribution is 2.33. The van der Waals surface area contributed by atoms with Gasteiger partial charge in [-0.2, -0.15) is 0 Å². The first-order valence-electron chi connectivity index (χ1n) is 7.19. The van der Waals surface area contributed by atoms with Gasteiger partial charge in [0.2, 0.25) is 0 Å². The maximum atomic E-state index is 11.6. The monoisotopic (exact) mass is 298 g/mol. The van der Waals surface area contributed by atoms with Crippen molar-refractivity contribution in [1.29, 1.82) is 0 Å². The summed E-state index contributed by atoms with van der Waals surface area (Å²) in [5, 5.41) is 9.50. The molecule has 6 nitrogen and oxygen atoms in total. The van der Waals surface area contributed by atoms with Crippen LogP contribution in [0, 0.1) is 5.92 Å². The summed E-state index contributed by atoms with van der Waals surface area (Å²) in [5.41, 5.74) is 7.77. The third kappa shape index (κ3) is 2.92. The first kappa shape index (κ1) is 14.5. The molecule has 3 heterocycles. The van der Waals surface area contributed by atoms with Gasteiger partial charge in [0.1, 0.15) is 5.82 Å². The van der Waals surface area contributed by atoms with Gasteiger partial charge in [0, 0.05) is 49.7 Å². The molecule has 1 saturated heterocycles. The van der Waals surface area contributed by atoms with E-state index in [0.29, 0.717) is 25.5 Å². The Morgan fingerprint density at radius 1 is 1.32 bits per heavy atom. The summed E-state index contributed by atoms with van der Waals surface area (Å²) in [6, 6.07) is 7.55. The van der Waals surface area contributed by atoms with E-state index in [9.17, 15) is 9.90 Å². The molecule has 0 aromatic carbocycles. The van der Waals surface area contributed by atoms with Crippen LogP contribution in [0.4, 0.5) is 5.82 Å². The third-order valence-corrected chi connectivity index (χ3v) is 4.15. The Morgan fingerprint density at radius 2 is 2.14 bits per heavy atom. The molecule has 3 N–H and O–H groups in total. The molecule has 1 aliphatic rings. The molecule has 114 valence electrons. The summed E-state index contributed by atoms with van der Waals surface area (Å²) in [6.45, 7) is 1.79. The fraction of sp³-hybridized carbons (Fsp3) is 0.312. The molecular weight excluding hydrogens is 280 g/mol. The fourth-order valence-corrected chi connectivity index (χ4v) is 3.02. The Kier molecular flexibility index (Phi) is 4.02. The number of hydrogen-bond donors (Lipinski definition) is 2. The lowest BCUT2D eigenvalue weighted by molar-refractivity contribution is -0.141. The second-order valence-electron chi connectivity index (χ2n) is 5.58. The molecule has 0 spiro atoms. The maximum Gasteiger partial charge on any atom is 0.308 e. The number of rotatable bonds is 4. The van der Waals surface area contributed by atoms with Crippen molar-refractivity contribution in [1.82, 2.24) is 14.9 Å². The highest BCUT2D eigenvalue weighted by atomic mass is 16.4. The Bertz CT molecular complexity index is 662. The maximum absolute atomic E-state index is 11.6. The summed E-state index contributed by atoms with van der Waals surface area (Å²) in [5.74, 6) is -0.749. The van der Waals surface area contributed by atoms with E-state index in [1.807, 2.05) is 24.3 Å². The largest absolute Gasteiger partial charge is 0.481 e. The number of aliphatic carboxylic acids is 1. The molecule has 0 amide bonds. The standard InChI is InChI=1S/C16H18N4O2/c17-15-12(4-2-6-19-15)8-20-9-13(14(10-20)16(21)22)11-3-1-5-18-7-11/h1-7,13-14H,8-10H2,(H2,17,19)(H,21,22)/t13-,14+/m0/s1. The predicted octanol–water partition coefficient (Wildman–Crippen LogP) is 1.36. The zero-order valence-corrected chi connectivity index (χ0v) is 12.1. The van der Waals surface area contributed by atoms with E-state index in [1.165, 1.54) is 0 Å². The summed E-state index contributed by atoms with van der Waals surface area (Å²) in [4.78, 5) is 21.9. The normalized spacial score (nSPS) is 21.8. The van der Waals surface area contributed by atoms with E-state index in [4.69, 9.17) is 5.73 Å². The number of aromatic nitrogens is 2. The van der Waals surface area contributed by atoms with Crippen LogP contribution in [0.15, 0.2) is 42.9 Å². The Labute approximate surface area is 128 Å². The van der Waals surface area contributed by atoms with Crippen molar-refractivity contribution >= 4 is 11.8 Å². The highest BCUT2D eigenvalue weighted by molar-refractivity contribution is 5.72. The molecule has 2 atom stereocenters. The molecule has 1 fully saturated rings. The molecule has 3 rings (SSSR count). The molecule has 0 unspecified atom stereocenters. The molecule has 2 aromatic heterocycles. The van der Waals surface area contributed by atoms with Gasteiger partial charge in [-0.15, -0.1) is 0 Å². The fourth-order valence-electron chi connectivity index (χ4n) is 3.02. The van der Waals surface area contributed by atoms with Crippen molar-refractivity contribution in [2.75, 3.05) is 18.8 Å². The Morgan fingerprint density at radius 3 is 2.82 bits per heavy atom. The number of carboxylic acids is 1. The number of nitrogen functional groups attached to an aromatic ring is 1. The van der Waals surface area contributed by atoms with Gasteiger partial charge in [-0.1, -0.05) is 12.1 Å². The lowest BCUT2D eigenvalue weighted by atomic mass is 9.90. The molecule has 0 saturated carbocycles. The smallest absolute Gasteiger partial charge is 0.308 e. The summed E-state index contributed by atoms with van der Waals surface area (Å²) >= 11 is 0. The zero-order valence-electron chi connectivity index (χ0n) is 12.1. The number of nitrogens with two attached hydrogens (primary N) is 1. The van der Waals surface area contributed by atoms with Gasteiger partial charge >= 0.3 is 5.97 Å². The second kappa shape index (κ2) is 6.11. The number of hydrogen-bond acceptors (Lipinski definition) is 5. The van der Waals surface area contributed by atoms with Crippen LogP contribution < -0.4 is 5.73 Å². The van der Waals surface area contributed by atoms with Gasteiger partial charge in [0.05, 0.1) is 5.92 Å². The van der Waals surface area contributed by atoms with Crippen molar-refractivity contribution in [3.05, 3.63) is 54.0 Å². The van der Waals surface area contributed by atoms with Crippen LogP contribution in [0.2, 0.25) is 0 Å². The van der Waals surface area contributed by atoms with Gasteiger partial charge in [0.15, 0.2) is 0 Å². The minimum absolute atomic E-state index is 0.0518. The van der Waals surface area contributed by atoms with Gasteiger partial charge in [0.25, 0.3) is 0 Å². The van der Waals surface area contributed by atoms with Gasteiger partial charge in [-0.3, -0.25) is 14.7 Å². The molecule has 22 heavy (non-hydrogen) atoms. The van der Waals surface area contributed by atoms with Crippen LogP contribution in [0.25, 0.3) is 0 Å². The SMILES string of the molecule is Nc1ncccc1CN1C[C@@H](C(=O)O)[C@H](c2cccnc2)C1. The molecule has 1 aliphatic heterocycles. The summed E-state index contributed by atoms with van der Waals surface area (Å²) in [6.07, 6.45) is 5.10. The first-order valence-corrected chi connectivity index (χ1v) is 7.19. The van der Waals surface area contributed by atoms with E-state index in [-0.39, 0.29) is 5.92 Å². The molecule has 6 heteroatoms. The average Bonchev–Trinajstić information content (AvgIpc) is 2.95. The molecular formula is C16H18N4O2. The van der Waals surface area contributed by atoms with Crippen molar-refractivity contribution in [2.24, 2.45) is 5.92 Å². The number of carboxylic acid groups (broad SMARTS) is 1. The van der Waals surface area contributed by atoms with E-state index >= 15 is 0 Å². The summed E-state index contributed by atoms with van der Waals surface area (Å²) < 4.78 is 0. The Hall–Kier alpha value is -2.47. The number of carbonyl (C=O) groups is 1. The van der Waals surface area contributed by atoms with Crippen LogP contribution in [-0.4, -0.2) is 39.0 Å². The molecule has 0 aliphatic carbocycles. The van der Waals surface area contributed by atoms with E-state index < -0.39 is 11.9 Å². The minimum Gasteiger partial charge on any atom is -0.481 e. The van der Waals surface area contributed by atoms with Crippen molar-refractivity contribution in [2.45, 2.75) is 12.5 Å². The van der Waals surface area contributed by atoms with Crippen LogP contribution in [0.5, 0.6) is 0 Å². The summed E-state index contributed by atoms with van der Waals surface area (Å²) in [7, 11) is 0. The van der Waals surface area contributed by atoms with E-state index in [0.717, 1.165) is 11.1 Å². The quantitative estimate of drug-likeness (QED) is 0.885. The van der Waals surface area contributed by atoms with Crippen LogP contribution in [-0.2, 0) is 11.3 Å². The lowest BCUT2D eigenvalue weighted by Gasteiger charge is -2.16. The van der Waals surface area contributed by atoms with Gasteiger partial charge in [-0.25, -0.2) is 4.98 Å². The van der Waals surface area contributed by atoms with Crippen molar-refractivity contribution in [3.63, 3.8) is 0 Å². The lowest BCUT2D eigenvalue weighted by Crippen LogP contribution is -2.23. The number of pyridine rings is 2. The predicted molar refractivity (Wildman–Crippen MR) is 82.0 cm³/mol. The number of nitrogens with zero attached hydrogens (tertiary/aromatic N) is 3. The van der Waals surface area contributed by atoms with Crippen LogP contribution >= 0.6 is 0 Å². The topological polar surface area (TPSA) is 92.3 Å². The van der Waals surface area contributed by atoms with Gasteiger partial charge < -0.3 is 10.8 Å². The van der Waals surface area contributed by atoms with E-state index in [1.54, 1.807) is 18.6 Å². The van der Waals surface area contributed by atoms with Crippen molar-refractivity contribution in [3.8, 4) is 0 Å². The Balaban J connectivity index is 1.79. The molecule has 0 bridgehead atoms. The van der Waals surface area contributed by atoms with Crippen LogP contribution in [0.3, 0.4) is 0 Å². The number of likely N-dealkylation sites (tertiary alicyclic amines) is 1. The number of anilines is 1. The highest BCUT2D eigenvalue weighted by Gasteiger charge is 2.38. The van der Waals surface area contributed by atoms with Crippen LogP contribution in [0.1, 0.15) is 17.0 Å². The average molecular weight is 298 g/mol. The minimum atomic E-state index is -0.768. The van der Waals surface area contributed by atoms with Gasteiger partial charge in [-0.05, 0) is 17.7 Å². The van der Waals surface area contributed by atoms with E-state index in [2.05, 4.69) is 14.9 Å². The molecule has 2 aromatic rings. The first-order chi connectivity index (χ1) is 10.6. The zero-order chi connectivity index (χ0) is 15.5. The third-order valence-electron chi connectivity index (χ3n) is 4.15. The second-order valence-corrected chi connectivity index (χ2v) is 5.58.